The van der Waals surface area contributed by atoms with Crippen LogP contribution < -0.4 is 0 Å². The summed E-state index contributed by atoms with van der Waals surface area (Å²) < 4.78 is 9.23. The highest BCUT2D eigenvalue weighted by Gasteiger charge is 2.21. The Labute approximate surface area is 55.7 Å². The first kappa shape index (κ1) is 8.37. The van der Waals surface area contributed by atoms with Crippen LogP contribution in [0, 0.1) is 0 Å². The lowest BCUT2D eigenvalue weighted by Gasteiger charge is -2.03. The molecule has 0 aliphatic heterocycles. The minimum absolute atomic E-state index is 0.907. The van der Waals surface area contributed by atoms with E-state index in [9.17, 15) is 4.57 Å². The number of halogens is 1. The average molecular weight is 201 g/mol. The van der Waals surface area contributed by atoms with Crippen LogP contribution in [0.15, 0.2) is 12.7 Å². The summed E-state index contributed by atoms with van der Waals surface area (Å²) in [6.45, 7) is 3.19. The summed E-state index contributed by atoms with van der Waals surface area (Å²) in [6, 6.07) is 0. The van der Waals surface area contributed by atoms with Gasteiger partial charge in [0, 0.05) is 0 Å². The number of allylic oxidation sites excluding steroid dienone is 1. The summed E-state index contributed by atoms with van der Waals surface area (Å²) in [5, 5.41) is 0. The number of alkyl halides is 1. The van der Waals surface area contributed by atoms with Gasteiger partial charge in [0.1, 0.15) is 4.57 Å². The monoisotopic (exact) mass is 200 g/mol. The number of hydrogen-bond donors (Lipinski definition) is 2. The molecule has 2 N–H and O–H groups in total. The predicted molar refractivity (Wildman–Crippen MR) is 35.0 cm³/mol. The van der Waals surface area contributed by atoms with Gasteiger partial charge in [-0.1, -0.05) is 22.0 Å². The Balaban J connectivity index is 4.02. The molecular weight excluding hydrogens is 195 g/mol. The van der Waals surface area contributed by atoms with E-state index in [1.54, 1.807) is 0 Å². The first-order valence-electron chi connectivity index (χ1n) is 1.80. The molecule has 0 saturated heterocycles. The van der Waals surface area contributed by atoms with E-state index in [0.717, 1.165) is 6.08 Å². The third-order valence-corrected chi connectivity index (χ3v) is 3.34. The summed E-state index contributed by atoms with van der Waals surface area (Å²) in [6.07, 6.45) is 1.15. The Morgan fingerprint density at radius 2 is 2.12 bits per heavy atom. The molecular formula is C3H6BrO3P. The van der Waals surface area contributed by atoms with Crippen LogP contribution in [-0.2, 0) is 4.57 Å². The average Bonchev–Trinajstić information content (AvgIpc) is 1.62. The van der Waals surface area contributed by atoms with E-state index in [4.69, 9.17) is 9.79 Å². The molecule has 0 spiro atoms. The van der Waals surface area contributed by atoms with Crippen molar-refractivity contribution in [3.05, 3.63) is 12.7 Å². The molecule has 1 atom stereocenters. The highest BCUT2D eigenvalue weighted by molar-refractivity contribution is 9.10. The highest BCUT2D eigenvalue weighted by Crippen LogP contribution is 2.44. The predicted octanol–water partition coefficient (Wildman–Crippen LogP) is 1.07. The first-order valence-corrected chi connectivity index (χ1v) is 4.40. The summed E-state index contributed by atoms with van der Waals surface area (Å²) >= 11 is 2.72. The van der Waals surface area contributed by atoms with Crippen LogP contribution in [-0.4, -0.2) is 14.4 Å². The number of rotatable bonds is 2. The Morgan fingerprint density at radius 1 is 1.75 bits per heavy atom. The molecule has 0 aliphatic carbocycles. The fourth-order valence-corrected chi connectivity index (χ4v) is 0.412. The Hall–Kier alpha value is 0.370. The molecule has 8 heavy (non-hydrogen) atoms. The van der Waals surface area contributed by atoms with Crippen LogP contribution in [0.4, 0.5) is 0 Å². The van der Waals surface area contributed by atoms with Gasteiger partial charge in [0.05, 0.1) is 0 Å². The lowest BCUT2D eigenvalue weighted by Crippen LogP contribution is -1.91. The van der Waals surface area contributed by atoms with Crippen LogP contribution >= 0.6 is 23.5 Å². The van der Waals surface area contributed by atoms with Gasteiger partial charge in [-0.15, -0.1) is 6.58 Å². The van der Waals surface area contributed by atoms with Gasteiger partial charge in [-0.25, -0.2) is 0 Å². The second kappa shape index (κ2) is 2.78. The summed E-state index contributed by atoms with van der Waals surface area (Å²) in [7, 11) is -3.96. The van der Waals surface area contributed by atoms with Gasteiger partial charge >= 0.3 is 7.60 Å². The normalized spacial score (nSPS) is 15.4. The maximum Gasteiger partial charge on any atom is 0.342 e. The summed E-state index contributed by atoms with van der Waals surface area (Å²) in [5.74, 6) is 0. The zero-order valence-corrected chi connectivity index (χ0v) is 6.47. The van der Waals surface area contributed by atoms with E-state index in [-0.39, 0.29) is 0 Å². The van der Waals surface area contributed by atoms with Gasteiger partial charge in [-0.3, -0.25) is 4.57 Å². The SMILES string of the molecule is C=CC(Br)P(=O)(O)O. The molecule has 0 aromatic rings. The minimum atomic E-state index is -3.96. The third kappa shape index (κ3) is 2.62. The van der Waals surface area contributed by atoms with E-state index in [2.05, 4.69) is 22.5 Å². The van der Waals surface area contributed by atoms with E-state index in [1.807, 2.05) is 0 Å². The Morgan fingerprint density at radius 3 is 2.12 bits per heavy atom. The molecule has 0 amide bonds. The van der Waals surface area contributed by atoms with E-state index >= 15 is 0 Å². The van der Waals surface area contributed by atoms with Crippen molar-refractivity contribution in [2.24, 2.45) is 0 Å². The summed E-state index contributed by atoms with van der Waals surface area (Å²) in [5.41, 5.74) is 0. The maximum absolute atomic E-state index is 10.1. The molecule has 3 nitrogen and oxygen atoms in total. The molecule has 0 rings (SSSR count). The molecule has 0 bridgehead atoms. The summed E-state index contributed by atoms with van der Waals surface area (Å²) in [4.78, 5) is 16.6. The Kier molecular flexibility index (Phi) is 2.91. The van der Waals surface area contributed by atoms with Gasteiger partial charge < -0.3 is 9.79 Å². The fraction of sp³-hybridized carbons (Fsp3) is 0.333. The lowest BCUT2D eigenvalue weighted by molar-refractivity contribution is 0.375. The maximum atomic E-state index is 10.1. The van der Waals surface area contributed by atoms with E-state index in [1.165, 1.54) is 0 Å². The van der Waals surface area contributed by atoms with Crippen molar-refractivity contribution in [1.29, 1.82) is 0 Å². The van der Waals surface area contributed by atoms with Gasteiger partial charge in [0.15, 0.2) is 0 Å². The fourth-order valence-electron chi connectivity index (χ4n) is 0.137. The molecule has 48 valence electrons. The molecule has 5 heteroatoms. The smallest absolute Gasteiger partial charge is 0.323 e. The van der Waals surface area contributed by atoms with Crippen molar-refractivity contribution in [1.82, 2.24) is 0 Å². The third-order valence-electron chi connectivity index (χ3n) is 0.516. The molecule has 0 saturated carbocycles. The second-order valence-electron chi connectivity index (χ2n) is 1.20. The van der Waals surface area contributed by atoms with Crippen molar-refractivity contribution >= 4 is 23.5 Å². The van der Waals surface area contributed by atoms with Gasteiger partial charge in [-0.05, 0) is 0 Å². The molecule has 0 radical (unpaired) electrons. The van der Waals surface area contributed by atoms with Crippen molar-refractivity contribution < 1.29 is 14.4 Å². The standard InChI is InChI=1S/C3H6BrO3P/c1-2-3(4)8(5,6)7/h2-3H,1H2,(H2,5,6,7). The molecule has 0 heterocycles. The van der Waals surface area contributed by atoms with Crippen LogP contribution in [0.25, 0.3) is 0 Å². The van der Waals surface area contributed by atoms with E-state index < -0.39 is 12.2 Å². The first-order chi connectivity index (χ1) is 3.48. The van der Waals surface area contributed by atoms with Crippen LogP contribution in [0.2, 0.25) is 0 Å². The van der Waals surface area contributed by atoms with Crippen molar-refractivity contribution in [2.45, 2.75) is 4.57 Å². The quantitative estimate of drug-likeness (QED) is 0.399. The minimum Gasteiger partial charge on any atom is -0.323 e. The van der Waals surface area contributed by atoms with Gasteiger partial charge in [0.25, 0.3) is 0 Å². The van der Waals surface area contributed by atoms with Crippen molar-refractivity contribution in [2.75, 3.05) is 0 Å². The van der Waals surface area contributed by atoms with Crippen LogP contribution in [0.1, 0.15) is 0 Å². The van der Waals surface area contributed by atoms with Crippen molar-refractivity contribution in [3.63, 3.8) is 0 Å². The number of hydrogen-bond acceptors (Lipinski definition) is 1. The largest absolute Gasteiger partial charge is 0.342 e. The zero-order chi connectivity index (χ0) is 6.78. The highest BCUT2D eigenvalue weighted by atomic mass is 79.9. The molecule has 0 fully saturated rings. The van der Waals surface area contributed by atoms with Crippen LogP contribution in [0.5, 0.6) is 0 Å². The topological polar surface area (TPSA) is 57.5 Å². The molecule has 0 aromatic carbocycles. The van der Waals surface area contributed by atoms with Gasteiger partial charge in [0.2, 0.25) is 0 Å². The van der Waals surface area contributed by atoms with E-state index in [0.29, 0.717) is 0 Å². The molecule has 0 aromatic heterocycles. The molecule has 1 unspecified atom stereocenters. The zero-order valence-electron chi connectivity index (χ0n) is 3.99. The second-order valence-corrected chi connectivity index (χ2v) is 4.63. The van der Waals surface area contributed by atoms with Crippen molar-refractivity contribution in [3.8, 4) is 0 Å². The lowest BCUT2D eigenvalue weighted by atomic mass is 10.8. The Bertz CT molecular complexity index is 128. The molecule has 0 aliphatic rings. The van der Waals surface area contributed by atoms with Crippen LogP contribution in [0.3, 0.4) is 0 Å². The van der Waals surface area contributed by atoms with Gasteiger partial charge in [-0.2, -0.15) is 0 Å².